The standard InChI is InChI=1S/C25H28F2N3O6PS/c26-25(27)37(32,33)36-21-13-11-20(12-14-21)17-23(30-38(34,35)22-10-6-15-28-18-22)24(31)29-16-5-4-9-19-7-2-1-3-8-19/h1-3,6-8,10-15,18,23,25,30H,4-5,9,16-17H2,(H,29,31)(H,32,33)/t23-/m0/s1. The number of rotatable bonds is 14. The van der Waals surface area contributed by atoms with Gasteiger partial charge in [0.05, 0.1) is 0 Å². The normalized spacial score (nSPS) is 14.0. The van der Waals surface area contributed by atoms with Crippen molar-refractivity contribution in [2.75, 3.05) is 6.54 Å². The van der Waals surface area contributed by atoms with Gasteiger partial charge in [-0.25, -0.2) is 13.0 Å². The van der Waals surface area contributed by atoms with Gasteiger partial charge in [0.1, 0.15) is 16.7 Å². The summed E-state index contributed by atoms with van der Waals surface area (Å²) in [6, 6.07) is 16.6. The van der Waals surface area contributed by atoms with Crippen molar-refractivity contribution in [3.8, 4) is 5.75 Å². The fraction of sp³-hybridized carbons (Fsp3) is 0.280. The van der Waals surface area contributed by atoms with Gasteiger partial charge in [0.25, 0.3) is 0 Å². The van der Waals surface area contributed by atoms with E-state index in [0.29, 0.717) is 18.5 Å². The SMILES string of the molecule is O=C(NCCCCc1ccccc1)[C@H](Cc1ccc(OP(=O)(O)C(F)F)cc1)NS(=O)(=O)c1cccnc1. The lowest BCUT2D eigenvalue weighted by atomic mass is 10.1. The topological polar surface area (TPSA) is 135 Å². The highest BCUT2D eigenvalue weighted by Crippen LogP contribution is 2.48. The molecule has 2 aromatic carbocycles. The van der Waals surface area contributed by atoms with Gasteiger partial charge < -0.3 is 14.7 Å². The molecule has 204 valence electrons. The molecule has 0 aliphatic rings. The lowest BCUT2D eigenvalue weighted by Crippen LogP contribution is -2.48. The number of carbonyl (C=O) groups excluding carboxylic acids is 1. The summed E-state index contributed by atoms with van der Waals surface area (Å²) < 4.78 is 69.2. The zero-order valence-corrected chi connectivity index (χ0v) is 22.0. The average Bonchev–Trinajstić information content (AvgIpc) is 2.90. The Hall–Kier alpha value is -3.18. The van der Waals surface area contributed by atoms with Crippen molar-refractivity contribution < 1.29 is 36.0 Å². The Morgan fingerprint density at radius 2 is 1.71 bits per heavy atom. The van der Waals surface area contributed by atoms with Gasteiger partial charge >= 0.3 is 13.8 Å². The van der Waals surface area contributed by atoms with E-state index in [1.54, 1.807) is 0 Å². The molecule has 1 heterocycles. The molecule has 0 aliphatic carbocycles. The molecule has 3 rings (SSSR count). The molecule has 13 heteroatoms. The summed E-state index contributed by atoms with van der Waals surface area (Å²) in [5.74, 6) is -0.815. The first kappa shape index (κ1) is 29.4. The smallest absolute Gasteiger partial charge is 0.421 e. The van der Waals surface area contributed by atoms with Crippen molar-refractivity contribution in [2.45, 2.75) is 42.8 Å². The molecule has 9 nitrogen and oxygen atoms in total. The lowest BCUT2D eigenvalue weighted by Gasteiger charge is -2.19. The third-order valence-electron chi connectivity index (χ3n) is 5.44. The number of unbranched alkanes of at least 4 members (excludes halogenated alkanes) is 1. The van der Waals surface area contributed by atoms with E-state index in [0.717, 1.165) is 19.0 Å². The number of alkyl halides is 2. The summed E-state index contributed by atoms with van der Waals surface area (Å²) in [6.07, 6.45) is 1.27. The summed E-state index contributed by atoms with van der Waals surface area (Å²) in [5, 5.41) is 2.76. The highest BCUT2D eigenvalue weighted by Gasteiger charge is 2.34. The number of halogens is 2. The number of carbonyl (C=O) groups is 1. The minimum Gasteiger partial charge on any atom is -0.421 e. The number of pyridine rings is 1. The van der Waals surface area contributed by atoms with Crippen LogP contribution in [0.1, 0.15) is 24.0 Å². The van der Waals surface area contributed by atoms with Gasteiger partial charge in [-0.3, -0.25) is 9.78 Å². The highest BCUT2D eigenvalue weighted by molar-refractivity contribution is 7.89. The number of aryl methyl sites for hydroxylation is 1. The fourth-order valence-corrected chi connectivity index (χ4v) is 5.16. The molecule has 2 atom stereocenters. The first-order chi connectivity index (χ1) is 18.1. The number of hydrogen-bond acceptors (Lipinski definition) is 6. The second-order valence-corrected chi connectivity index (χ2v) is 11.8. The zero-order chi connectivity index (χ0) is 27.6. The Morgan fingerprint density at radius 1 is 1.00 bits per heavy atom. The summed E-state index contributed by atoms with van der Waals surface area (Å²) >= 11 is 0. The van der Waals surface area contributed by atoms with E-state index >= 15 is 0 Å². The molecule has 38 heavy (non-hydrogen) atoms. The van der Waals surface area contributed by atoms with Gasteiger partial charge in [-0.1, -0.05) is 42.5 Å². The van der Waals surface area contributed by atoms with E-state index in [-0.39, 0.29) is 17.1 Å². The number of nitrogens with one attached hydrogen (secondary N) is 2. The number of sulfonamides is 1. The minimum atomic E-state index is -5.14. The van der Waals surface area contributed by atoms with Crippen LogP contribution in [-0.2, 0) is 32.2 Å². The Kier molecular flexibility index (Phi) is 10.5. The first-order valence-corrected chi connectivity index (χ1v) is 14.8. The van der Waals surface area contributed by atoms with Gasteiger partial charge in [0.2, 0.25) is 15.9 Å². The van der Waals surface area contributed by atoms with E-state index in [1.807, 2.05) is 30.3 Å². The molecule has 0 aliphatic heterocycles. The maximum Gasteiger partial charge on any atom is 0.442 e. The number of nitrogens with zero attached hydrogens (tertiary/aromatic N) is 1. The van der Waals surface area contributed by atoms with Crippen LogP contribution < -0.4 is 14.6 Å². The Morgan fingerprint density at radius 3 is 2.34 bits per heavy atom. The van der Waals surface area contributed by atoms with Gasteiger partial charge in [0, 0.05) is 18.9 Å². The van der Waals surface area contributed by atoms with Gasteiger partial charge in [-0.05, 0) is 61.1 Å². The van der Waals surface area contributed by atoms with Crippen LogP contribution in [-0.4, -0.2) is 43.0 Å². The van der Waals surface area contributed by atoms with Crippen molar-refractivity contribution in [3.05, 3.63) is 90.3 Å². The molecule has 1 aromatic heterocycles. The average molecular weight is 568 g/mol. The molecule has 0 saturated heterocycles. The van der Waals surface area contributed by atoms with Crippen LogP contribution in [0, 0.1) is 0 Å². The van der Waals surface area contributed by atoms with Crippen molar-refractivity contribution in [3.63, 3.8) is 0 Å². The van der Waals surface area contributed by atoms with Crippen molar-refractivity contribution >= 4 is 23.5 Å². The molecule has 0 spiro atoms. The molecular weight excluding hydrogens is 539 g/mol. The number of hydrogen-bond donors (Lipinski definition) is 3. The van der Waals surface area contributed by atoms with Crippen molar-refractivity contribution in [2.24, 2.45) is 0 Å². The molecule has 0 saturated carbocycles. The Labute approximate surface area is 219 Å². The van der Waals surface area contributed by atoms with E-state index < -0.39 is 35.7 Å². The predicted octanol–water partition coefficient (Wildman–Crippen LogP) is 3.90. The highest BCUT2D eigenvalue weighted by atomic mass is 32.2. The third-order valence-corrected chi connectivity index (χ3v) is 7.86. The molecule has 3 N–H and O–H groups in total. The Balaban J connectivity index is 1.66. The molecule has 1 unspecified atom stereocenters. The summed E-state index contributed by atoms with van der Waals surface area (Å²) in [4.78, 5) is 25.9. The molecule has 0 bridgehead atoms. The predicted molar refractivity (Wildman–Crippen MR) is 137 cm³/mol. The number of benzene rings is 2. The van der Waals surface area contributed by atoms with Crippen LogP contribution in [0.3, 0.4) is 0 Å². The van der Waals surface area contributed by atoms with Crippen LogP contribution in [0.15, 0.2) is 84.0 Å². The molecule has 1 amide bonds. The van der Waals surface area contributed by atoms with E-state index in [4.69, 9.17) is 0 Å². The van der Waals surface area contributed by atoms with Gasteiger partial charge in [0.15, 0.2) is 0 Å². The largest absolute Gasteiger partial charge is 0.442 e. The van der Waals surface area contributed by atoms with Gasteiger partial charge in [-0.2, -0.15) is 13.5 Å². The fourth-order valence-electron chi connectivity index (χ4n) is 3.50. The molecule has 3 aromatic rings. The van der Waals surface area contributed by atoms with Crippen LogP contribution >= 0.6 is 7.60 Å². The van der Waals surface area contributed by atoms with Crippen LogP contribution in [0.5, 0.6) is 5.75 Å². The second kappa shape index (κ2) is 13.6. The second-order valence-electron chi connectivity index (χ2n) is 8.38. The van der Waals surface area contributed by atoms with Crippen molar-refractivity contribution in [1.29, 1.82) is 0 Å². The van der Waals surface area contributed by atoms with Crippen LogP contribution in [0.25, 0.3) is 0 Å². The number of aromatic nitrogens is 1. The molecule has 0 radical (unpaired) electrons. The van der Waals surface area contributed by atoms with E-state index in [1.165, 1.54) is 48.2 Å². The maximum absolute atomic E-state index is 13.0. The summed E-state index contributed by atoms with van der Waals surface area (Å²) in [5.41, 5.74) is 1.64. The quantitative estimate of drug-likeness (QED) is 0.199. The third kappa shape index (κ3) is 8.98. The Bertz CT molecular complexity index is 1330. The lowest BCUT2D eigenvalue weighted by molar-refractivity contribution is -0.122. The molecule has 0 fully saturated rings. The van der Waals surface area contributed by atoms with Crippen LogP contribution in [0.2, 0.25) is 0 Å². The number of amides is 1. The summed E-state index contributed by atoms with van der Waals surface area (Å²) in [7, 11) is -9.23. The van der Waals surface area contributed by atoms with E-state index in [2.05, 4.69) is 19.5 Å². The van der Waals surface area contributed by atoms with Gasteiger partial charge in [-0.15, -0.1) is 0 Å². The summed E-state index contributed by atoms with van der Waals surface area (Å²) in [6.45, 7) is 0.336. The zero-order valence-electron chi connectivity index (χ0n) is 20.2. The maximum atomic E-state index is 13.0. The minimum absolute atomic E-state index is 0.0821. The van der Waals surface area contributed by atoms with Crippen LogP contribution in [0.4, 0.5) is 8.78 Å². The monoisotopic (exact) mass is 567 g/mol. The van der Waals surface area contributed by atoms with E-state index in [9.17, 15) is 31.5 Å². The first-order valence-electron chi connectivity index (χ1n) is 11.7. The van der Waals surface area contributed by atoms with Crippen molar-refractivity contribution in [1.82, 2.24) is 15.0 Å². The molecular formula is C25H28F2N3O6PS.